The van der Waals surface area contributed by atoms with Crippen molar-refractivity contribution in [2.45, 2.75) is 19.3 Å². The minimum absolute atomic E-state index is 0.539. The van der Waals surface area contributed by atoms with Crippen LogP contribution >= 0.6 is 0 Å². The molecule has 0 saturated heterocycles. The number of fused-ring (bicyclic) bond motifs is 1. The van der Waals surface area contributed by atoms with E-state index in [4.69, 9.17) is 0 Å². The van der Waals surface area contributed by atoms with E-state index in [9.17, 15) is 4.79 Å². The average Bonchev–Trinajstić information content (AvgIpc) is 2.18. The molecule has 1 aromatic carbocycles. The Morgan fingerprint density at radius 2 is 2.36 bits per heavy atom. The third-order valence-corrected chi connectivity index (χ3v) is 2.81. The first kappa shape index (κ1) is 9.25. The Labute approximate surface area is 84.5 Å². The monoisotopic (exact) mass is 189 g/mol. The fraction of sp³-hybridized carbons (Fsp3) is 0.417. The molecule has 0 aliphatic carbocycles. The molecule has 2 heteroatoms. The maximum atomic E-state index is 10.4. The van der Waals surface area contributed by atoms with Crippen molar-refractivity contribution in [2.75, 3.05) is 18.5 Å². The van der Waals surface area contributed by atoms with Crippen LogP contribution in [0.15, 0.2) is 18.2 Å². The van der Waals surface area contributed by atoms with Gasteiger partial charge >= 0.3 is 0 Å². The van der Waals surface area contributed by atoms with Gasteiger partial charge in [-0.3, -0.25) is 0 Å². The maximum absolute atomic E-state index is 10.4. The highest BCUT2D eigenvalue weighted by Gasteiger charge is 2.13. The summed E-state index contributed by atoms with van der Waals surface area (Å²) in [6, 6.07) is 6.35. The molecule has 1 aromatic rings. The molecule has 0 radical (unpaired) electrons. The quantitative estimate of drug-likeness (QED) is 0.661. The second kappa shape index (κ2) is 3.82. The van der Waals surface area contributed by atoms with E-state index in [0.717, 1.165) is 24.8 Å². The summed E-state index contributed by atoms with van der Waals surface area (Å²) in [5, 5.41) is 0. The van der Waals surface area contributed by atoms with Crippen LogP contribution < -0.4 is 4.90 Å². The molecule has 0 N–H and O–H groups in total. The number of rotatable bonds is 2. The van der Waals surface area contributed by atoms with Crippen LogP contribution in [0.1, 0.15) is 17.5 Å². The second-order valence-electron chi connectivity index (χ2n) is 3.86. The molecule has 0 aromatic heterocycles. The molecule has 0 amide bonds. The summed E-state index contributed by atoms with van der Waals surface area (Å²) in [5.41, 5.74) is 3.85. The fourth-order valence-corrected chi connectivity index (χ4v) is 2.06. The van der Waals surface area contributed by atoms with Gasteiger partial charge in [0.2, 0.25) is 0 Å². The Morgan fingerprint density at radius 1 is 1.50 bits per heavy atom. The van der Waals surface area contributed by atoms with Crippen molar-refractivity contribution < 1.29 is 4.79 Å². The zero-order chi connectivity index (χ0) is 9.97. The Hall–Kier alpha value is -1.31. The molecule has 0 saturated carbocycles. The van der Waals surface area contributed by atoms with E-state index in [1.54, 1.807) is 0 Å². The molecule has 14 heavy (non-hydrogen) atoms. The molecular weight excluding hydrogens is 174 g/mol. The van der Waals surface area contributed by atoms with E-state index in [-0.39, 0.29) is 0 Å². The van der Waals surface area contributed by atoms with Gasteiger partial charge in [0.25, 0.3) is 0 Å². The molecule has 2 rings (SSSR count). The standard InChI is InChI=1S/C12H15NO/c1-13-7-2-3-11-9-10(6-8-14)4-5-12(11)13/h4-5,8-9H,2-3,6-7H2,1H3. The van der Waals surface area contributed by atoms with Crippen LogP contribution in [0.25, 0.3) is 0 Å². The first-order valence-corrected chi connectivity index (χ1v) is 5.08. The van der Waals surface area contributed by atoms with Gasteiger partial charge in [0.15, 0.2) is 0 Å². The van der Waals surface area contributed by atoms with Crippen molar-refractivity contribution in [1.82, 2.24) is 0 Å². The van der Waals surface area contributed by atoms with Gasteiger partial charge in [0.1, 0.15) is 6.29 Å². The van der Waals surface area contributed by atoms with Crippen molar-refractivity contribution in [3.05, 3.63) is 29.3 Å². The number of anilines is 1. The van der Waals surface area contributed by atoms with Crippen LogP contribution in [0.4, 0.5) is 5.69 Å². The van der Waals surface area contributed by atoms with Gasteiger partial charge in [-0.05, 0) is 30.0 Å². The van der Waals surface area contributed by atoms with Crippen LogP contribution in [0.5, 0.6) is 0 Å². The number of carbonyl (C=O) groups is 1. The number of hydrogen-bond acceptors (Lipinski definition) is 2. The number of carbonyl (C=O) groups excluding carboxylic acids is 1. The normalized spacial score (nSPS) is 15.1. The highest BCUT2D eigenvalue weighted by Crippen LogP contribution is 2.26. The van der Waals surface area contributed by atoms with Crippen LogP contribution in [-0.4, -0.2) is 19.9 Å². The van der Waals surface area contributed by atoms with Crippen molar-refractivity contribution in [3.63, 3.8) is 0 Å². The number of aldehydes is 1. The summed E-state index contributed by atoms with van der Waals surface area (Å²) in [4.78, 5) is 12.7. The predicted molar refractivity (Wildman–Crippen MR) is 57.8 cm³/mol. The summed E-state index contributed by atoms with van der Waals surface area (Å²) in [6.45, 7) is 1.14. The molecule has 0 fully saturated rings. The van der Waals surface area contributed by atoms with Gasteiger partial charge in [-0.15, -0.1) is 0 Å². The minimum Gasteiger partial charge on any atom is -0.374 e. The van der Waals surface area contributed by atoms with Gasteiger partial charge in [-0.2, -0.15) is 0 Å². The number of nitrogens with zero attached hydrogens (tertiary/aromatic N) is 1. The van der Waals surface area contributed by atoms with Crippen LogP contribution in [-0.2, 0) is 17.6 Å². The topological polar surface area (TPSA) is 20.3 Å². The molecule has 1 heterocycles. The molecular formula is C12H15NO. The first-order valence-electron chi connectivity index (χ1n) is 5.08. The van der Waals surface area contributed by atoms with Crippen LogP contribution in [0.2, 0.25) is 0 Å². The summed E-state index contributed by atoms with van der Waals surface area (Å²) in [6.07, 6.45) is 3.87. The van der Waals surface area contributed by atoms with E-state index in [2.05, 4.69) is 30.1 Å². The van der Waals surface area contributed by atoms with E-state index in [0.29, 0.717) is 6.42 Å². The molecule has 74 valence electrons. The van der Waals surface area contributed by atoms with E-state index >= 15 is 0 Å². The molecule has 1 aliphatic rings. The van der Waals surface area contributed by atoms with E-state index in [1.807, 2.05) is 0 Å². The van der Waals surface area contributed by atoms with Crippen LogP contribution in [0, 0.1) is 0 Å². The average molecular weight is 189 g/mol. The van der Waals surface area contributed by atoms with Gasteiger partial charge in [0.05, 0.1) is 0 Å². The van der Waals surface area contributed by atoms with Gasteiger partial charge in [-0.1, -0.05) is 12.1 Å². The van der Waals surface area contributed by atoms with E-state index < -0.39 is 0 Å². The van der Waals surface area contributed by atoms with Gasteiger partial charge < -0.3 is 9.69 Å². The number of hydrogen-bond donors (Lipinski definition) is 0. The third kappa shape index (κ3) is 1.65. The Morgan fingerprint density at radius 3 is 3.14 bits per heavy atom. The molecule has 0 spiro atoms. The molecule has 0 unspecified atom stereocenters. The summed E-state index contributed by atoms with van der Waals surface area (Å²) >= 11 is 0. The molecule has 0 atom stereocenters. The Bertz CT molecular complexity index is 346. The third-order valence-electron chi connectivity index (χ3n) is 2.81. The summed E-state index contributed by atoms with van der Waals surface area (Å²) < 4.78 is 0. The number of aryl methyl sites for hydroxylation is 1. The van der Waals surface area contributed by atoms with Crippen molar-refractivity contribution in [3.8, 4) is 0 Å². The van der Waals surface area contributed by atoms with E-state index in [1.165, 1.54) is 17.7 Å². The largest absolute Gasteiger partial charge is 0.374 e. The molecule has 2 nitrogen and oxygen atoms in total. The lowest BCUT2D eigenvalue weighted by Crippen LogP contribution is -2.24. The predicted octanol–water partition coefficient (Wildman–Crippen LogP) is 1.81. The fourth-order valence-electron chi connectivity index (χ4n) is 2.06. The second-order valence-corrected chi connectivity index (χ2v) is 3.86. The van der Waals surface area contributed by atoms with Crippen LogP contribution in [0.3, 0.4) is 0 Å². The van der Waals surface area contributed by atoms with Crippen molar-refractivity contribution in [2.24, 2.45) is 0 Å². The Kier molecular flexibility index (Phi) is 2.53. The zero-order valence-electron chi connectivity index (χ0n) is 8.49. The summed E-state index contributed by atoms with van der Waals surface area (Å²) in [5.74, 6) is 0. The lowest BCUT2D eigenvalue weighted by atomic mass is 9.99. The highest BCUT2D eigenvalue weighted by atomic mass is 16.1. The maximum Gasteiger partial charge on any atom is 0.124 e. The Balaban J connectivity index is 2.33. The molecule has 1 aliphatic heterocycles. The first-order chi connectivity index (χ1) is 6.81. The zero-order valence-corrected chi connectivity index (χ0v) is 8.49. The van der Waals surface area contributed by atoms with Crippen molar-refractivity contribution >= 4 is 12.0 Å². The highest BCUT2D eigenvalue weighted by molar-refractivity contribution is 5.60. The lowest BCUT2D eigenvalue weighted by Gasteiger charge is -2.27. The van der Waals surface area contributed by atoms with Crippen molar-refractivity contribution in [1.29, 1.82) is 0 Å². The van der Waals surface area contributed by atoms with Gasteiger partial charge in [0, 0.05) is 25.7 Å². The minimum atomic E-state index is 0.539. The molecule has 0 bridgehead atoms. The SMILES string of the molecule is CN1CCCc2cc(CC=O)ccc21. The smallest absolute Gasteiger partial charge is 0.124 e. The summed E-state index contributed by atoms with van der Waals surface area (Å²) in [7, 11) is 2.12. The lowest BCUT2D eigenvalue weighted by molar-refractivity contribution is -0.107. The van der Waals surface area contributed by atoms with Gasteiger partial charge in [-0.25, -0.2) is 0 Å². The number of benzene rings is 1.